The van der Waals surface area contributed by atoms with E-state index in [1.54, 1.807) is 0 Å². The summed E-state index contributed by atoms with van der Waals surface area (Å²) in [6.45, 7) is 6.20. The molecule has 0 radical (unpaired) electrons. The largest absolute Gasteiger partial charge is 0.336 e. The minimum absolute atomic E-state index is 0.279. The molecule has 4 nitrogen and oxygen atoms in total. The zero-order valence-electron chi connectivity index (χ0n) is 10.8. The number of thioether (sulfide) groups is 1. The number of benzene rings is 1. The molecule has 0 amide bonds. The van der Waals surface area contributed by atoms with Crippen molar-refractivity contribution in [3.63, 3.8) is 0 Å². The standard InChI is InChI=1S/C13H17N3OS/c1-4-18-11-7-5-10(6-8-11)12-15-13(17-16-12)14-9(2)3/h5-9H,4H2,1-3H3,(H,14,15,16). The Balaban J connectivity index is 2.13. The van der Waals surface area contributed by atoms with Gasteiger partial charge >= 0.3 is 6.01 Å². The fourth-order valence-electron chi connectivity index (χ4n) is 1.51. The molecule has 0 aliphatic carbocycles. The summed E-state index contributed by atoms with van der Waals surface area (Å²) in [4.78, 5) is 5.56. The number of aromatic nitrogens is 2. The summed E-state index contributed by atoms with van der Waals surface area (Å²) in [6, 6.07) is 8.93. The maximum absolute atomic E-state index is 5.13. The predicted molar refractivity (Wildman–Crippen MR) is 74.9 cm³/mol. The third-order valence-electron chi connectivity index (χ3n) is 2.26. The highest BCUT2D eigenvalue weighted by atomic mass is 32.2. The Kier molecular flexibility index (Phi) is 4.25. The SMILES string of the molecule is CCSc1ccc(-c2noc(NC(C)C)n2)cc1. The van der Waals surface area contributed by atoms with Gasteiger partial charge in [-0.3, -0.25) is 0 Å². The molecule has 0 spiro atoms. The van der Waals surface area contributed by atoms with Gasteiger partial charge in [-0.2, -0.15) is 4.98 Å². The molecule has 96 valence electrons. The number of anilines is 1. The maximum atomic E-state index is 5.13. The average molecular weight is 263 g/mol. The van der Waals surface area contributed by atoms with Crippen LogP contribution in [0.4, 0.5) is 6.01 Å². The number of rotatable bonds is 5. The van der Waals surface area contributed by atoms with Crippen LogP contribution in [0.2, 0.25) is 0 Å². The molecule has 1 N–H and O–H groups in total. The van der Waals surface area contributed by atoms with E-state index in [0.717, 1.165) is 11.3 Å². The molecule has 1 heterocycles. The first-order valence-corrected chi connectivity index (χ1v) is 7.01. The Morgan fingerprint density at radius 1 is 1.28 bits per heavy atom. The van der Waals surface area contributed by atoms with Crippen molar-refractivity contribution in [2.75, 3.05) is 11.1 Å². The predicted octanol–water partition coefficient (Wildman–Crippen LogP) is 3.67. The molecular formula is C13H17N3OS. The molecule has 0 saturated heterocycles. The summed E-state index contributed by atoms with van der Waals surface area (Å²) in [7, 11) is 0. The van der Waals surface area contributed by atoms with Gasteiger partial charge in [-0.1, -0.05) is 12.1 Å². The molecule has 0 atom stereocenters. The van der Waals surface area contributed by atoms with Gasteiger partial charge in [0.05, 0.1) is 0 Å². The monoisotopic (exact) mass is 263 g/mol. The first kappa shape index (κ1) is 13.0. The van der Waals surface area contributed by atoms with E-state index in [9.17, 15) is 0 Å². The van der Waals surface area contributed by atoms with Crippen LogP contribution in [0.25, 0.3) is 11.4 Å². The Labute approximate surface area is 111 Å². The van der Waals surface area contributed by atoms with Crippen LogP contribution in [0, 0.1) is 0 Å². The second-order valence-electron chi connectivity index (χ2n) is 4.18. The van der Waals surface area contributed by atoms with Gasteiger partial charge in [0.15, 0.2) is 0 Å². The second kappa shape index (κ2) is 5.91. The van der Waals surface area contributed by atoms with Gasteiger partial charge in [0.2, 0.25) is 5.82 Å². The average Bonchev–Trinajstić information content (AvgIpc) is 2.78. The first-order chi connectivity index (χ1) is 8.69. The Morgan fingerprint density at radius 2 is 2.00 bits per heavy atom. The Hall–Kier alpha value is -1.49. The van der Waals surface area contributed by atoms with Crippen LogP contribution in [0.5, 0.6) is 0 Å². The smallest absolute Gasteiger partial charge is 0.321 e. The van der Waals surface area contributed by atoms with E-state index in [-0.39, 0.29) is 6.04 Å². The van der Waals surface area contributed by atoms with Crippen molar-refractivity contribution in [1.82, 2.24) is 10.1 Å². The van der Waals surface area contributed by atoms with Crippen LogP contribution in [-0.4, -0.2) is 21.9 Å². The molecule has 0 aliphatic rings. The zero-order valence-corrected chi connectivity index (χ0v) is 11.6. The van der Waals surface area contributed by atoms with Gasteiger partial charge in [0, 0.05) is 16.5 Å². The molecule has 0 fully saturated rings. The number of nitrogens with zero attached hydrogens (tertiary/aromatic N) is 2. The van der Waals surface area contributed by atoms with Gasteiger partial charge in [-0.15, -0.1) is 11.8 Å². The molecule has 0 bridgehead atoms. The summed E-state index contributed by atoms with van der Waals surface area (Å²) in [5, 5.41) is 7.04. The van der Waals surface area contributed by atoms with Crippen molar-refractivity contribution >= 4 is 17.8 Å². The third kappa shape index (κ3) is 3.26. The lowest BCUT2D eigenvalue weighted by atomic mass is 10.2. The quantitative estimate of drug-likeness (QED) is 0.834. The van der Waals surface area contributed by atoms with Crippen molar-refractivity contribution in [1.29, 1.82) is 0 Å². The van der Waals surface area contributed by atoms with Crippen LogP contribution < -0.4 is 5.32 Å². The molecule has 1 aromatic heterocycles. The highest BCUT2D eigenvalue weighted by molar-refractivity contribution is 7.99. The lowest BCUT2D eigenvalue weighted by Crippen LogP contribution is -2.09. The molecule has 2 rings (SSSR count). The summed E-state index contributed by atoms with van der Waals surface area (Å²) in [6.07, 6.45) is 0. The third-order valence-corrected chi connectivity index (χ3v) is 3.16. The second-order valence-corrected chi connectivity index (χ2v) is 5.52. The molecule has 18 heavy (non-hydrogen) atoms. The van der Waals surface area contributed by atoms with E-state index in [1.165, 1.54) is 4.90 Å². The Bertz CT molecular complexity index is 493. The van der Waals surface area contributed by atoms with Gasteiger partial charge in [0.25, 0.3) is 0 Å². The number of hydrogen-bond acceptors (Lipinski definition) is 5. The summed E-state index contributed by atoms with van der Waals surface area (Å²) >= 11 is 1.82. The molecule has 0 saturated carbocycles. The number of hydrogen-bond donors (Lipinski definition) is 1. The van der Waals surface area contributed by atoms with E-state index in [1.807, 2.05) is 37.7 Å². The molecular weight excluding hydrogens is 246 g/mol. The van der Waals surface area contributed by atoms with Crippen molar-refractivity contribution in [3.05, 3.63) is 24.3 Å². The fraction of sp³-hybridized carbons (Fsp3) is 0.385. The topological polar surface area (TPSA) is 51.0 Å². The minimum Gasteiger partial charge on any atom is -0.336 e. The Morgan fingerprint density at radius 3 is 2.61 bits per heavy atom. The molecule has 0 aliphatic heterocycles. The van der Waals surface area contributed by atoms with Crippen LogP contribution in [-0.2, 0) is 0 Å². The van der Waals surface area contributed by atoms with Gasteiger partial charge < -0.3 is 9.84 Å². The highest BCUT2D eigenvalue weighted by Crippen LogP contribution is 2.23. The van der Waals surface area contributed by atoms with Crippen LogP contribution >= 0.6 is 11.8 Å². The van der Waals surface area contributed by atoms with Gasteiger partial charge in [-0.25, -0.2) is 0 Å². The lowest BCUT2D eigenvalue weighted by Gasteiger charge is -2.01. The molecule has 5 heteroatoms. The van der Waals surface area contributed by atoms with Crippen molar-refractivity contribution in [2.45, 2.75) is 31.7 Å². The lowest BCUT2D eigenvalue weighted by molar-refractivity contribution is 0.429. The van der Waals surface area contributed by atoms with Crippen molar-refractivity contribution in [2.24, 2.45) is 0 Å². The summed E-state index contributed by atoms with van der Waals surface area (Å²) in [5.74, 6) is 1.69. The van der Waals surface area contributed by atoms with E-state index < -0.39 is 0 Å². The van der Waals surface area contributed by atoms with Gasteiger partial charge in [0.1, 0.15) is 0 Å². The fourth-order valence-corrected chi connectivity index (χ4v) is 2.18. The minimum atomic E-state index is 0.279. The molecule has 2 aromatic rings. The van der Waals surface area contributed by atoms with E-state index in [2.05, 4.69) is 34.5 Å². The maximum Gasteiger partial charge on any atom is 0.321 e. The summed E-state index contributed by atoms with van der Waals surface area (Å²) in [5.41, 5.74) is 0.969. The highest BCUT2D eigenvalue weighted by Gasteiger charge is 2.08. The van der Waals surface area contributed by atoms with Gasteiger partial charge in [-0.05, 0) is 43.9 Å². The normalized spacial score (nSPS) is 10.9. The van der Waals surface area contributed by atoms with E-state index in [0.29, 0.717) is 11.8 Å². The number of nitrogens with one attached hydrogen (secondary N) is 1. The van der Waals surface area contributed by atoms with Crippen LogP contribution in [0.15, 0.2) is 33.7 Å². The summed E-state index contributed by atoms with van der Waals surface area (Å²) < 4.78 is 5.13. The van der Waals surface area contributed by atoms with Crippen LogP contribution in [0.3, 0.4) is 0 Å². The zero-order chi connectivity index (χ0) is 13.0. The van der Waals surface area contributed by atoms with E-state index in [4.69, 9.17) is 4.52 Å². The first-order valence-electron chi connectivity index (χ1n) is 6.02. The van der Waals surface area contributed by atoms with Crippen LogP contribution in [0.1, 0.15) is 20.8 Å². The van der Waals surface area contributed by atoms with Crippen molar-refractivity contribution < 1.29 is 4.52 Å². The molecule has 1 aromatic carbocycles. The van der Waals surface area contributed by atoms with E-state index >= 15 is 0 Å². The van der Waals surface area contributed by atoms with Crippen molar-refractivity contribution in [3.8, 4) is 11.4 Å². The molecule has 0 unspecified atom stereocenters.